The van der Waals surface area contributed by atoms with Crippen molar-refractivity contribution in [2.75, 3.05) is 5.32 Å². The van der Waals surface area contributed by atoms with E-state index < -0.39 is 0 Å². The average Bonchev–Trinajstić information content (AvgIpc) is 2.43. The van der Waals surface area contributed by atoms with Crippen molar-refractivity contribution in [3.05, 3.63) is 58.7 Å². The van der Waals surface area contributed by atoms with Gasteiger partial charge in [0.25, 0.3) is 0 Å². The number of anilines is 2. The number of nitrogens with zero attached hydrogens (tertiary/aromatic N) is 2. The molecule has 0 unspecified atom stereocenters. The second-order valence-corrected chi connectivity index (χ2v) is 4.27. The van der Waals surface area contributed by atoms with Gasteiger partial charge in [-0.05, 0) is 35.4 Å². The van der Waals surface area contributed by atoms with E-state index in [0.29, 0.717) is 11.1 Å². The van der Waals surface area contributed by atoms with Gasteiger partial charge in [0.15, 0.2) is 0 Å². The van der Waals surface area contributed by atoms with Crippen LogP contribution in [0.25, 0.3) is 0 Å². The highest BCUT2D eigenvalue weighted by Gasteiger charge is 2.15. The first-order valence-corrected chi connectivity index (χ1v) is 5.63. The number of nitrogens with one attached hydrogen (secondary N) is 1. The van der Waals surface area contributed by atoms with Crippen molar-refractivity contribution in [2.24, 2.45) is 0 Å². The summed E-state index contributed by atoms with van der Waals surface area (Å²) >= 11 is 0. The van der Waals surface area contributed by atoms with E-state index in [1.54, 1.807) is 0 Å². The Labute approximate surface area is 105 Å². The fourth-order valence-electron chi connectivity index (χ4n) is 2.18. The van der Waals surface area contributed by atoms with Crippen LogP contribution in [0.4, 0.5) is 11.4 Å². The Hall–Kier alpha value is -2.78. The first-order valence-electron chi connectivity index (χ1n) is 5.63. The zero-order chi connectivity index (χ0) is 12.5. The monoisotopic (exact) mass is 231 g/mol. The van der Waals surface area contributed by atoms with Crippen molar-refractivity contribution in [3.63, 3.8) is 0 Å². The molecule has 0 bridgehead atoms. The number of fused-ring (bicyclic) bond motifs is 2. The van der Waals surface area contributed by atoms with Crippen molar-refractivity contribution in [1.29, 1.82) is 10.5 Å². The van der Waals surface area contributed by atoms with Gasteiger partial charge in [-0.2, -0.15) is 10.5 Å². The van der Waals surface area contributed by atoms with Gasteiger partial charge in [-0.25, -0.2) is 0 Å². The minimum atomic E-state index is 0.640. The molecule has 3 heteroatoms. The van der Waals surface area contributed by atoms with Gasteiger partial charge in [0.1, 0.15) is 0 Å². The minimum absolute atomic E-state index is 0.640. The molecule has 0 aromatic heterocycles. The predicted molar refractivity (Wildman–Crippen MR) is 68.4 cm³/mol. The van der Waals surface area contributed by atoms with E-state index in [9.17, 15) is 0 Å². The molecule has 18 heavy (non-hydrogen) atoms. The molecule has 0 atom stereocenters. The summed E-state index contributed by atoms with van der Waals surface area (Å²) in [6, 6.07) is 15.6. The number of nitriles is 2. The minimum Gasteiger partial charge on any atom is -0.355 e. The first kappa shape index (κ1) is 10.4. The van der Waals surface area contributed by atoms with Crippen LogP contribution in [-0.2, 0) is 6.42 Å². The zero-order valence-corrected chi connectivity index (χ0v) is 9.57. The second kappa shape index (κ2) is 3.91. The number of hydrogen-bond acceptors (Lipinski definition) is 3. The van der Waals surface area contributed by atoms with Crippen LogP contribution in [-0.4, -0.2) is 0 Å². The lowest BCUT2D eigenvalue weighted by Gasteiger charge is -2.21. The molecular weight excluding hydrogens is 222 g/mol. The third-order valence-corrected chi connectivity index (χ3v) is 3.13. The van der Waals surface area contributed by atoms with Crippen LogP contribution in [0.5, 0.6) is 0 Å². The lowest BCUT2D eigenvalue weighted by molar-refractivity contribution is 1.15. The van der Waals surface area contributed by atoms with E-state index in [1.807, 2.05) is 36.4 Å². The summed E-state index contributed by atoms with van der Waals surface area (Å²) in [6.45, 7) is 0. The van der Waals surface area contributed by atoms with E-state index >= 15 is 0 Å². The summed E-state index contributed by atoms with van der Waals surface area (Å²) in [7, 11) is 0. The lowest BCUT2D eigenvalue weighted by Crippen LogP contribution is -2.07. The maximum Gasteiger partial charge on any atom is 0.0992 e. The summed E-state index contributed by atoms with van der Waals surface area (Å²) in [5.74, 6) is 0. The Morgan fingerprint density at radius 3 is 1.78 bits per heavy atom. The SMILES string of the molecule is N#Cc1ccc2c(c1)Nc1cc(C#N)ccc1C2. The molecule has 84 valence electrons. The number of rotatable bonds is 0. The third kappa shape index (κ3) is 1.59. The van der Waals surface area contributed by atoms with Crippen LogP contribution in [0, 0.1) is 22.7 Å². The van der Waals surface area contributed by atoms with Crippen LogP contribution in [0.2, 0.25) is 0 Å². The fraction of sp³-hybridized carbons (Fsp3) is 0.0667. The Morgan fingerprint density at radius 2 is 1.33 bits per heavy atom. The van der Waals surface area contributed by atoms with Crippen LogP contribution >= 0.6 is 0 Å². The molecular formula is C15H9N3. The van der Waals surface area contributed by atoms with Crippen LogP contribution in [0.15, 0.2) is 36.4 Å². The van der Waals surface area contributed by atoms with E-state index in [2.05, 4.69) is 17.5 Å². The Kier molecular flexibility index (Phi) is 2.25. The third-order valence-electron chi connectivity index (χ3n) is 3.13. The molecule has 1 heterocycles. The van der Waals surface area contributed by atoms with Crippen LogP contribution in [0.3, 0.4) is 0 Å². The predicted octanol–water partition coefficient (Wildman–Crippen LogP) is 3.08. The van der Waals surface area contributed by atoms with Gasteiger partial charge in [0, 0.05) is 17.8 Å². The molecule has 0 spiro atoms. The van der Waals surface area contributed by atoms with Crippen molar-refractivity contribution >= 4 is 11.4 Å². The van der Waals surface area contributed by atoms with Crippen molar-refractivity contribution in [2.45, 2.75) is 6.42 Å². The average molecular weight is 231 g/mol. The van der Waals surface area contributed by atoms with Gasteiger partial charge in [-0.3, -0.25) is 0 Å². The van der Waals surface area contributed by atoms with Crippen molar-refractivity contribution in [3.8, 4) is 12.1 Å². The van der Waals surface area contributed by atoms with Gasteiger partial charge < -0.3 is 5.32 Å². The summed E-state index contributed by atoms with van der Waals surface area (Å²) < 4.78 is 0. The lowest BCUT2D eigenvalue weighted by atomic mass is 9.95. The molecule has 0 amide bonds. The maximum atomic E-state index is 8.90. The highest BCUT2D eigenvalue weighted by atomic mass is 14.9. The molecule has 3 rings (SSSR count). The molecule has 0 aliphatic carbocycles. The standard InChI is InChI=1S/C15H9N3/c16-8-10-1-3-12-7-13-4-2-11(9-17)6-15(13)18-14(12)5-10/h1-6,18H,7H2. The molecule has 0 radical (unpaired) electrons. The van der Waals surface area contributed by atoms with Crippen molar-refractivity contribution < 1.29 is 0 Å². The number of hydrogen-bond donors (Lipinski definition) is 1. The van der Waals surface area contributed by atoms with E-state index in [4.69, 9.17) is 10.5 Å². The van der Waals surface area contributed by atoms with Crippen LogP contribution in [0.1, 0.15) is 22.3 Å². The largest absolute Gasteiger partial charge is 0.355 e. The van der Waals surface area contributed by atoms with E-state index in [1.165, 1.54) is 11.1 Å². The molecule has 2 aromatic rings. The highest BCUT2D eigenvalue weighted by molar-refractivity contribution is 5.73. The van der Waals surface area contributed by atoms with Gasteiger partial charge in [0.05, 0.1) is 23.3 Å². The molecule has 1 aliphatic heterocycles. The molecule has 0 fully saturated rings. The van der Waals surface area contributed by atoms with Gasteiger partial charge in [0.2, 0.25) is 0 Å². The molecule has 2 aromatic carbocycles. The van der Waals surface area contributed by atoms with Gasteiger partial charge in [-0.1, -0.05) is 12.1 Å². The Bertz CT molecular complexity index is 656. The molecule has 0 saturated heterocycles. The number of benzene rings is 2. The highest BCUT2D eigenvalue weighted by Crippen LogP contribution is 2.33. The molecule has 1 aliphatic rings. The quantitative estimate of drug-likeness (QED) is 0.646. The zero-order valence-electron chi connectivity index (χ0n) is 9.57. The summed E-state index contributed by atoms with van der Waals surface area (Å²) in [5, 5.41) is 21.1. The summed E-state index contributed by atoms with van der Waals surface area (Å²) in [5.41, 5.74) is 5.54. The van der Waals surface area contributed by atoms with Gasteiger partial charge in [-0.15, -0.1) is 0 Å². The van der Waals surface area contributed by atoms with E-state index in [-0.39, 0.29) is 0 Å². The maximum absolute atomic E-state index is 8.90. The summed E-state index contributed by atoms with van der Waals surface area (Å²) in [6.07, 6.45) is 0.828. The smallest absolute Gasteiger partial charge is 0.0992 e. The Morgan fingerprint density at radius 1 is 0.833 bits per heavy atom. The fourth-order valence-corrected chi connectivity index (χ4v) is 2.18. The normalized spacial score (nSPS) is 11.4. The van der Waals surface area contributed by atoms with E-state index in [0.717, 1.165) is 17.8 Å². The van der Waals surface area contributed by atoms with Crippen molar-refractivity contribution in [1.82, 2.24) is 0 Å². The topological polar surface area (TPSA) is 59.6 Å². The van der Waals surface area contributed by atoms with Gasteiger partial charge >= 0.3 is 0 Å². The second-order valence-electron chi connectivity index (χ2n) is 4.27. The van der Waals surface area contributed by atoms with Crippen LogP contribution < -0.4 is 5.32 Å². The molecule has 0 saturated carbocycles. The Balaban J connectivity index is 2.07. The molecule has 1 N–H and O–H groups in total. The summed E-state index contributed by atoms with van der Waals surface area (Å²) in [4.78, 5) is 0. The molecule has 3 nitrogen and oxygen atoms in total. The first-order chi connectivity index (χ1) is 8.80.